The molecule has 174 valence electrons. The molecule has 0 spiro atoms. The molecule has 1 fully saturated rings. The average molecular weight is 457 g/mol. The van der Waals surface area contributed by atoms with Gasteiger partial charge < -0.3 is 21.7 Å². The van der Waals surface area contributed by atoms with E-state index in [2.05, 4.69) is 48.1 Å². The maximum Gasteiger partial charge on any atom is 0.241 e. The lowest BCUT2D eigenvalue weighted by molar-refractivity contribution is -0.130. The first-order chi connectivity index (χ1) is 15.1. The van der Waals surface area contributed by atoms with Crippen molar-refractivity contribution >= 4 is 30.0 Å². The Hall–Kier alpha value is -2.35. The predicted molar refractivity (Wildman–Crippen MR) is 135 cm³/mol. The lowest BCUT2D eigenvalue weighted by Gasteiger charge is -2.29. The van der Waals surface area contributed by atoms with Gasteiger partial charge in [-0.15, -0.1) is 12.6 Å². The molecule has 1 aliphatic heterocycles. The van der Waals surface area contributed by atoms with E-state index in [1.54, 1.807) is 18.2 Å². The van der Waals surface area contributed by atoms with Crippen LogP contribution in [0.5, 0.6) is 0 Å². The van der Waals surface area contributed by atoms with Crippen LogP contribution in [-0.2, 0) is 16.0 Å². The predicted octanol–water partition coefficient (Wildman–Crippen LogP) is 2.72. The standard InChI is InChI=1S/C25H36N4O2S/c1-17(2)21-9-7-8-20(14-21)15-25(12-11-18(3)29-25)24(31)28-16-23(30)27-13-6-5-10-22(32)19(4)26/h5-10,14,18-19,29,32H,1,11-13,15-16,26H2,2-4H3,(H,27,30)(H,28,31)/b6-5+,22-10-/t18?,19?,25-/m0/s1. The number of hydrogen-bond acceptors (Lipinski definition) is 5. The Morgan fingerprint density at radius 1 is 1.41 bits per heavy atom. The van der Waals surface area contributed by atoms with Gasteiger partial charge in [-0.3, -0.25) is 9.59 Å². The van der Waals surface area contributed by atoms with Crippen molar-refractivity contribution in [2.24, 2.45) is 5.73 Å². The van der Waals surface area contributed by atoms with Gasteiger partial charge in [-0.2, -0.15) is 0 Å². The molecular formula is C25H36N4O2S. The van der Waals surface area contributed by atoms with Gasteiger partial charge in [0.2, 0.25) is 11.8 Å². The normalized spacial score (nSPS) is 22.0. The second kappa shape index (κ2) is 12.0. The molecule has 7 heteroatoms. The number of nitrogens with one attached hydrogen (secondary N) is 3. The third-order valence-electron chi connectivity index (χ3n) is 5.58. The summed E-state index contributed by atoms with van der Waals surface area (Å²) in [5, 5.41) is 9.05. The highest BCUT2D eigenvalue weighted by molar-refractivity contribution is 7.84. The number of hydrogen-bond donors (Lipinski definition) is 5. The van der Waals surface area contributed by atoms with E-state index in [9.17, 15) is 9.59 Å². The second-order valence-electron chi connectivity index (χ2n) is 8.62. The Kier molecular flexibility index (Phi) is 9.75. The van der Waals surface area contributed by atoms with Crippen LogP contribution in [-0.4, -0.2) is 42.5 Å². The van der Waals surface area contributed by atoms with Crippen LogP contribution in [0.3, 0.4) is 0 Å². The van der Waals surface area contributed by atoms with Gasteiger partial charge in [0.05, 0.1) is 6.54 Å². The number of allylic oxidation sites excluding steroid dienone is 3. The van der Waals surface area contributed by atoms with Crippen molar-refractivity contribution in [2.75, 3.05) is 13.1 Å². The number of benzene rings is 1. The zero-order valence-electron chi connectivity index (χ0n) is 19.3. The molecule has 1 aromatic carbocycles. The molecule has 3 atom stereocenters. The smallest absolute Gasteiger partial charge is 0.241 e. The summed E-state index contributed by atoms with van der Waals surface area (Å²) in [6.45, 7) is 10.2. The first kappa shape index (κ1) is 25.9. The van der Waals surface area contributed by atoms with Crippen molar-refractivity contribution in [3.63, 3.8) is 0 Å². The molecular weight excluding hydrogens is 420 g/mol. The Balaban J connectivity index is 1.94. The maximum absolute atomic E-state index is 13.1. The summed E-state index contributed by atoms with van der Waals surface area (Å²) in [4.78, 5) is 26.1. The molecule has 1 aromatic rings. The van der Waals surface area contributed by atoms with E-state index in [1.165, 1.54) is 0 Å². The summed E-state index contributed by atoms with van der Waals surface area (Å²) in [7, 11) is 0. The lowest BCUT2D eigenvalue weighted by atomic mass is 9.87. The molecule has 0 radical (unpaired) electrons. The number of nitrogens with two attached hydrogens (primary N) is 1. The van der Waals surface area contributed by atoms with E-state index in [0.717, 1.165) is 34.4 Å². The summed E-state index contributed by atoms with van der Waals surface area (Å²) in [6, 6.07) is 8.23. The van der Waals surface area contributed by atoms with Gasteiger partial charge >= 0.3 is 0 Å². The van der Waals surface area contributed by atoms with Crippen LogP contribution >= 0.6 is 12.6 Å². The maximum atomic E-state index is 13.1. The first-order valence-corrected chi connectivity index (χ1v) is 11.5. The Bertz CT molecular complexity index is 894. The van der Waals surface area contributed by atoms with Gasteiger partial charge in [-0.05, 0) is 56.1 Å². The summed E-state index contributed by atoms with van der Waals surface area (Å²) in [6.07, 6.45) is 7.58. The number of carbonyl (C=O) groups excluding carboxylic acids is 2. The molecule has 1 heterocycles. The molecule has 1 aliphatic rings. The van der Waals surface area contributed by atoms with Crippen LogP contribution in [0.25, 0.3) is 5.57 Å². The summed E-state index contributed by atoms with van der Waals surface area (Å²) in [5.41, 5.74) is 8.11. The Labute approximate surface area is 197 Å². The third-order valence-corrected chi connectivity index (χ3v) is 6.14. The van der Waals surface area contributed by atoms with Crippen molar-refractivity contribution in [1.82, 2.24) is 16.0 Å². The minimum atomic E-state index is -0.722. The fourth-order valence-corrected chi connectivity index (χ4v) is 3.81. The second-order valence-corrected chi connectivity index (χ2v) is 9.14. The quantitative estimate of drug-likeness (QED) is 0.276. The summed E-state index contributed by atoms with van der Waals surface area (Å²) >= 11 is 4.27. The van der Waals surface area contributed by atoms with Crippen molar-refractivity contribution in [2.45, 2.75) is 57.7 Å². The summed E-state index contributed by atoms with van der Waals surface area (Å²) in [5.74, 6) is -0.386. The molecule has 0 saturated carbocycles. The zero-order valence-corrected chi connectivity index (χ0v) is 20.2. The largest absolute Gasteiger partial charge is 0.351 e. The molecule has 2 unspecified atom stereocenters. The molecule has 6 nitrogen and oxygen atoms in total. The summed E-state index contributed by atoms with van der Waals surface area (Å²) < 4.78 is 0. The molecule has 32 heavy (non-hydrogen) atoms. The van der Waals surface area contributed by atoms with E-state index < -0.39 is 5.54 Å². The van der Waals surface area contributed by atoms with Gasteiger partial charge in [-0.1, -0.05) is 54.6 Å². The molecule has 0 aromatic heterocycles. The van der Waals surface area contributed by atoms with Crippen molar-refractivity contribution in [1.29, 1.82) is 0 Å². The van der Waals surface area contributed by atoms with Crippen LogP contribution in [0, 0.1) is 0 Å². The number of carbonyl (C=O) groups is 2. The number of amides is 2. The van der Waals surface area contributed by atoms with E-state index in [4.69, 9.17) is 5.73 Å². The topological polar surface area (TPSA) is 96.2 Å². The minimum absolute atomic E-state index is 0.0657. The van der Waals surface area contributed by atoms with Gasteiger partial charge in [0, 0.05) is 18.6 Å². The van der Waals surface area contributed by atoms with Crippen molar-refractivity contribution in [3.05, 3.63) is 65.1 Å². The van der Waals surface area contributed by atoms with Crippen molar-refractivity contribution in [3.8, 4) is 0 Å². The van der Waals surface area contributed by atoms with Crippen LogP contribution in [0.2, 0.25) is 0 Å². The highest BCUT2D eigenvalue weighted by Crippen LogP contribution is 2.28. The van der Waals surface area contributed by atoms with E-state index in [-0.39, 0.29) is 30.4 Å². The average Bonchev–Trinajstić information content (AvgIpc) is 3.13. The van der Waals surface area contributed by atoms with Crippen LogP contribution in [0.15, 0.2) is 54.0 Å². The first-order valence-electron chi connectivity index (χ1n) is 11.0. The van der Waals surface area contributed by atoms with Gasteiger partial charge in [0.25, 0.3) is 0 Å². The highest BCUT2D eigenvalue weighted by atomic mass is 32.1. The van der Waals surface area contributed by atoms with Gasteiger partial charge in [0.15, 0.2) is 0 Å². The third kappa shape index (κ3) is 7.65. The van der Waals surface area contributed by atoms with Gasteiger partial charge in [0.1, 0.15) is 5.54 Å². The Morgan fingerprint density at radius 3 is 2.78 bits per heavy atom. The Morgan fingerprint density at radius 2 is 2.16 bits per heavy atom. The molecule has 5 N–H and O–H groups in total. The van der Waals surface area contributed by atoms with E-state index in [1.807, 2.05) is 32.0 Å². The number of thiol groups is 1. The molecule has 2 amide bonds. The number of rotatable bonds is 10. The van der Waals surface area contributed by atoms with Gasteiger partial charge in [-0.25, -0.2) is 0 Å². The lowest BCUT2D eigenvalue weighted by Crippen LogP contribution is -2.57. The zero-order chi connectivity index (χ0) is 23.7. The van der Waals surface area contributed by atoms with Crippen LogP contribution in [0.4, 0.5) is 0 Å². The molecule has 0 bridgehead atoms. The van der Waals surface area contributed by atoms with E-state index in [0.29, 0.717) is 13.0 Å². The monoisotopic (exact) mass is 456 g/mol. The van der Waals surface area contributed by atoms with Crippen LogP contribution < -0.4 is 21.7 Å². The molecule has 0 aliphatic carbocycles. The van der Waals surface area contributed by atoms with Crippen LogP contribution in [0.1, 0.15) is 44.7 Å². The van der Waals surface area contributed by atoms with E-state index >= 15 is 0 Å². The highest BCUT2D eigenvalue weighted by Gasteiger charge is 2.43. The van der Waals surface area contributed by atoms with Crippen molar-refractivity contribution < 1.29 is 9.59 Å². The molecule has 2 rings (SSSR count). The minimum Gasteiger partial charge on any atom is -0.351 e. The molecule has 1 saturated heterocycles. The fourth-order valence-electron chi connectivity index (χ4n) is 3.72. The SMILES string of the molecule is C=C(C)c1cccc(C[C@]2(C(=O)NCC(=O)NC/C=C/C=C(\S)C(C)N)CCC(C)N2)c1. The fraction of sp³-hybridized carbons (Fsp3) is 0.440.